The van der Waals surface area contributed by atoms with E-state index >= 15 is 0 Å². The van der Waals surface area contributed by atoms with Gasteiger partial charge in [0.1, 0.15) is 5.01 Å². The Morgan fingerprint density at radius 1 is 1.60 bits per heavy atom. The minimum atomic E-state index is -0.559. The first-order chi connectivity index (χ1) is 7.11. The molecule has 1 atom stereocenters. The number of urea groups is 1. The molecule has 6 nitrogen and oxygen atoms in total. The normalized spacial score (nSPS) is 12.2. The predicted octanol–water partition coefficient (Wildman–Crippen LogP) is 0.603. The number of carbonyl (C=O) groups is 1. The van der Waals surface area contributed by atoms with Gasteiger partial charge < -0.3 is 10.4 Å². The van der Waals surface area contributed by atoms with Crippen molar-refractivity contribution < 1.29 is 9.90 Å². The van der Waals surface area contributed by atoms with Gasteiger partial charge in [-0.25, -0.2) is 4.79 Å². The van der Waals surface area contributed by atoms with Crippen LogP contribution in [0.25, 0.3) is 0 Å². The van der Waals surface area contributed by atoms with Crippen molar-refractivity contribution in [1.29, 1.82) is 0 Å². The summed E-state index contributed by atoms with van der Waals surface area (Å²) in [6.07, 6.45) is 0.241. The molecule has 0 fully saturated rings. The number of anilines is 1. The quantitative estimate of drug-likeness (QED) is 0.707. The molecule has 0 saturated heterocycles. The number of hydrogen-bond donors (Lipinski definition) is 3. The molecule has 1 aromatic heterocycles. The number of hydrogen-bond acceptors (Lipinski definition) is 5. The minimum Gasteiger partial charge on any atom is -0.392 e. The van der Waals surface area contributed by atoms with Crippen LogP contribution in [0.1, 0.15) is 18.9 Å². The molecule has 0 radical (unpaired) electrons. The molecule has 1 heterocycles. The smallest absolute Gasteiger partial charge is 0.321 e. The van der Waals surface area contributed by atoms with Crippen LogP contribution >= 0.6 is 11.3 Å². The summed E-state index contributed by atoms with van der Waals surface area (Å²) in [4.78, 5) is 11.2. The zero-order chi connectivity index (χ0) is 11.3. The van der Waals surface area contributed by atoms with Crippen molar-refractivity contribution in [2.75, 3.05) is 11.9 Å². The maximum atomic E-state index is 11.2. The molecule has 0 aromatic carbocycles. The Kier molecular flexibility index (Phi) is 4.44. The van der Waals surface area contributed by atoms with Gasteiger partial charge >= 0.3 is 6.03 Å². The van der Waals surface area contributed by atoms with Gasteiger partial charge in [-0.15, -0.1) is 10.2 Å². The van der Waals surface area contributed by atoms with Crippen molar-refractivity contribution in [3.05, 3.63) is 5.01 Å². The Morgan fingerprint density at radius 3 is 2.87 bits per heavy atom. The van der Waals surface area contributed by atoms with Crippen molar-refractivity contribution in [2.24, 2.45) is 0 Å². The van der Waals surface area contributed by atoms with Crippen molar-refractivity contribution in [3.63, 3.8) is 0 Å². The molecule has 84 valence electrons. The van der Waals surface area contributed by atoms with Crippen LogP contribution < -0.4 is 10.6 Å². The zero-order valence-electron chi connectivity index (χ0n) is 8.65. The maximum Gasteiger partial charge on any atom is 0.321 e. The van der Waals surface area contributed by atoms with E-state index in [0.29, 0.717) is 5.13 Å². The van der Waals surface area contributed by atoms with Gasteiger partial charge in [0.15, 0.2) is 0 Å². The standard InChI is InChI=1S/C8H14N4O2S/c1-3-6-11-12-8(15-6)10-7(14)9-4-5(2)13/h5,13H,3-4H2,1-2H3,(H2,9,10,12,14)/t5-/m0/s1. The lowest BCUT2D eigenvalue weighted by Crippen LogP contribution is -2.34. The first-order valence-corrected chi connectivity index (χ1v) is 5.48. The molecule has 1 aromatic rings. The summed E-state index contributed by atoms with van der Waals surface area (Å²) >= 11 is 1.34. The molecule has 0 spiro atoms. The third kappa shape index (κ3) is 4.22. The van der Waals surface area contributed by atoms with E-state index in [0.717, 1.165) is 11.4 Å². The maximum absolute atomic E-state index is 11.2. The fourth-order valence-electron chi connectivity index (χ4n) is 0.829. The van der Waals surface area contributed by atoms with Gasteiger partial charge in [-0.1, -0.05) is 18.3 Å². The summed E-state index contributed by atoms with van der Waals surface area (Å²) in [7, 11) is 0. The van der Waals surface area contributed by atoms with E-state index in [4.69, 9.17) is 5.11 Å². The summed E-state index contributed by atoms with van der Waals surface area (Å²) in [6, 6.07) is -0.380. The van der Waals surface area contributed by atoms with Crippen LogP contribution in [0, 0.1) is 0 Å². The molecule has 1 rings (SSSR count). The van der Waals surface area contributed by atoms with Crippen LogP contribution in [0.4, 0.5) is 9.93 Å². The summed E-state index contributed by atoms with van der Waals surface area (Å²) < 4.78 is 0. The molecular formula is C8H14N4O2S. The van der Waals surface area contributed by atoms with E-state index in [1.807, 2.05) is 6.92 Å². The zero-order valence-corrected chi connectivity index (χ0v) is 9.47. The van der Waals surface area contributed by atoms with Gasteiger partial charge in [-0.2, -0.15) is 0 Å². The Bertz CT molecular complexity index is 326. The van der Waals surface area contributed by atoms with Crippen LogP contribution in [-0.2, 0) is 6.42 Å². The first kappa shape index (κ1) is 11.9. The number of rotatable bonds is 4. The summed E-state index contributed by atoms with van der Waals surface area (Å²) in [6.45, 7) is 3.78. The number of aryl methyl sites for hydroxylation is 1. The molecular weight excluding hydrogens is 216 g/mol. The number of aliphatic hydroxyl groups excluding tert-OH is 1. The molecule has 0 saturated carbocycles. The molecule has 0 aliphatic heterocycles. The van der Waals surface area contributed by atoms with E-state index in [1.165, 1.54) is 11.3 Å². The SMILES string of the molecule is CCc1nnc(NC(=O)NC[C@H](C)O)s1. The third-order valence-corrected chi connectivity index (χ3v) is 2.53. The summed E-state index contributed by atoms with van der Waals surface area (Å²) in [5.74, 6) is 0. The number of aromatic nitrogens is 2. The molecule has 7 heteroatoms. The van der Waals surface area contributed by atoms with E-state index in [9.17, 15) is 4.79 Å². The van der Waals surface area contributed by atoms with Gasteiger partial charge in [0.25, 0.3) is 0 Å². The van der Waals surface area contributed by atoms with E-state index in [1.54, 1.807) is 6.92 Å². The van der Waals surface area contributed by atoms with Gasteiger partial charge in [0.2, 0.25) is 5.13 Å². The second-order valence-corrected chi connectivity index (χ2v) is 4.10. The highest BCUT2D eigenvalue weighted by molar-refractivity contribution is 7.15. The van der Waals surface area contributed by atoms with Crippen LogP contribution in [0.15, 0.2) is 0 Å². The van der Waals surface area contributed by atoms with Crippen LogP contribution in [0.5, 0.6) is 0 Å². The molecule has 0 bridgehead atoms. The van der Waals surface area contributed by atoms with Gasteiger partial charge in [-0.05, 0) is 13.3 Å². The minimum absolute atomic E-state index is 0.214. The second kappa shape index (κ2) is 5.62. The average molecular weight is 230 g/mol. The van der Waals surface area contributed by atoms with Crippen molar-refractivity contribution >= 4 is 22.5 Å². The van der Waals surface area contributed by atoms with Crippen molar-refractivity contribution in [3.8, 4) is 0 Å². The summed E-state index contributed by atoms with van der Waals surface area (Å²) in [5, 5.41) is 23.0. The largest absolute Gasteiger partial charge is 0.392 e. The molecule has 0 aliphatic carbocycles. The van der Waals surface area contributed by atoms with Crippen molar-refractivity contribution in [2.45, 2.75) is 26.4 Å². The molecule has 15 heavy (non-hydrogen) atoms. The highest BCUT2D eigenvalue weighted by Gasteiger charge is 2.07. The van der Waals surface area contributed by atoms with Gasteiger partial charge in [0.05, 0.1) is 6.10 Å². The van der Waals surface area contributed by atoms with E-state index < -0.39 is 6.10 Å². The highest BCUT2D eigenvalue weighted by Crippen LogP contribution is 2.14. The highest BCUT2D eigenvalue weighted by atomic mass is 32.1. The Morgan fingerprint density at radius 2 is 2.33 bits per heavy atom. The lowest BCUT2D eigenvalue weighted by Gasteiger charge is -2.06. The van der Waals surface area contributed by atoms with Gasteiger partial charge in [0, 0.05) is 6.54 Å². The summed E-state index contributed by atoms with van der Waals surface area (Å²) in [5.41, 5.74) is 0. The van der Waals surface area contributed by atoms with Crippen LogP contribution in [0.3, 0.4) is 0 Å². The lowest BCUT2D eigenvalue weighted by molar-refractivity contribution is 0.190. The van der Waals surface area contributed by atoms with Crippen LogP contribution in [0.2, 0.25) is 0 Å². The van der Waals surface area contributed by atoms with E-state index in [-0.39, 0.29) is 12.6 Å². The van der Waals surface area contributed by atoms with E-state index in [2.05, 4.69) is 20.8 Å². The monoisotopic (exact) mass is 230 g/mol. The fraction of sp³-hybridized carbons (Fsp3) is 0.625. The number of nitrogens with zero attached hydrogens (tertiary/aromatic N) is 2. The first-order valence-electron chi connectivity index (χ1n) is 4.67. The molecule has 3 N–H and O–H groups in total. The predicted molar refractivity (Wildman–Crippen MR) is 58.0 cm³/mol. The fourth-order valence-corrected chi connectivity index (χ4v) is 1.50. The Hall–Kier alpha value is -1.21. The number of carbonyl (C=O) groups excluding carboxylic acids is 1. The number of aliphatic hydroxyl groups is 1. The number of nitrogens with one attached hydrogen (secondary N) is 2. The molecule has 2 amide bonds. The van der Waals surface area contributed by atoms with Gasteiger partial charge in [-0.3, -0.25) is 5.32 Å². The third-order valence-electron chi connectivity index (χ3n) is 1.55. The Labute approximate surface area is 91.7 Å². The molecule has 0 aliphatic rings. The topological polar surface area (TPSA) is 87.1 Å². The number of amides is 2. The average Bonchev–Trinajstić information content (AvgIpc) is 2.62. The lowest BCUT2D eigenvalue weighted by atomic mass is 10.4. The van der Waals surface area contributed by atoms with Crippen molar-refractivity contribution in [1.82, 2.24) is 15.5 Å². The Balaban J connectivity index is 2.37. The van der Waals surface area contributed by atoms with Crippen LogP contribution in [-0.4, -0.2) is 34.0 Å². The molecule has 0 unspecified atom stereocenters. The second-order valence-electron chi connectivity index (χ2n) is 3.04.